The molecule has 0 bridgehead atoms. The summed E-state index contributed by atoms with van der Waals surface area (Å²) in [6.45, 7) is 3.60. The molecule has 0 spiro atoms. The lowest BCUT2D eigenvalue weighted by molar-refractivity contribution is -0.164. The SMILES string of the molecule is CC(C)Oc1ccc(C(=O)N2N=C(C(F)F)C[C@]2(O)C(F)F)cc1. The molecule has 0 radical (unpaired) electrons. The van der Waals surface area contributed by atoms with Gasteiger partial charge in [0.1, 0.15) is 11.5 Å². The molecule has 0 aromatic heterocycles. The minimum absolute atomic E-state index is 0.0253. The molecular formula is C15H16F4N2O3. The molecule has 0 saturated heterocycles. The summed E-state index contributed by atoms with van der Waals surface area (Å²) < 4.78 is 57.0. The van der Waals surface area contributed by atoms with Crippen molar-refractivity contribution in [2.24, 2.45) is 5.10 Å². The van der Waals surface area contributed by atoms with Crippen LogP contribution >= 0.6 is 0 Å². The van der Waals surface area contributed by atoms with Gasteiger partial charge in [0.25, 0.3) is 18.8 Å². The molecule has 9 heteroatoms. The van der Waals surface area contributed by atoms with Gasteiger partial charge in [-0.1, -0.05) is 0 Å². The van der Waals surface area contributed by atoms with Crippen LogP contribution in [0.25, 0.3) is 0 Å². The number of hydrazone groups is 1. The normalized spacial score (nSPS) is 20.9. The van der Waals surface area contributed by atoms with Gasteiger partial charge < -0.3 is 9.84 Å². The van der Waals surface area contributed by atoms with Crippen LogP contribution in [0.1, 0.15) is 30.6 Å². The number of carbonyl (C=O) groups excluding carboxylic acids is 1. The van der Waals surface area contributed by atoms with E-state index in [0.29, 0.717) is 5.75 Å². The summed E-state index contributed by atoms with van der Waals surface area (Å²) >= 11 is 0. The third kappa shape index (κ3) is 3.50. The highest BCUT2D eigenvalue weighted by atomic mass is 19.3. The predicted molar refractivity (Wildman–Crippen MR) is 77.4 cm³/mol. The van der Waals surface area contributed by atoms with Gasteiger partial charge in [-0.25, -0.2) is 17.6 Å². The highest BCUT2D eigenvalue weighted by Crippen LogP contribution is 2.34. The maximum Gasteiger partial charge on any atom is 0.287 e. The number of hydrogen-bond acceptors (Lipinski definition) is 4. The van der Waals surface area contributed by atoms with Gasteiger partial charge in [0, 0.05) is 12.0 Å². The second kappa shape index (κ2) is 6.76. The number of nitrogens with zero attached hydrogens (tertiary/aromatic N) is 2. The van der Waals surface area contributed by atoms with Crippen molar-refractivity contribution >= 4 is 11.6 Å². The first-order valence-electron chi connectivity index (χ1n) is 7.12. The van der Waals surface area contributed by atoms with Crippen LogP contribution in [-0.2, 0) is 0 Å². The monoisotopic (exact) mass is 348 g/mol. The van der Waals surface area contributed by atoms with Crippen LogP contribution < -0.4 is 4.74 Å². The molecule has 0 fully saturated rings. The quantitative estimate of drug-likeness (QED) is 0.833. The van der Waals surface area contributed by atoms with Gasteiger partial charge in [-0.05, 0) is 38.1 Å². The van der Waals surface area contributed by atoms with E-state index in [2.05, 4.69) is 5.10 Å². The number of hydrogen-bond donors (Lipinski definition) is 1. The van der Waals surface area contributed by atoms with Crippen LogP contribution in [0.4, 0.5) is 17.6 Å². The number of ether oxygens (including phenoxy) is 1. The fourth-order valence-corrected chi connectivity index (χ4v) is 2.17. The van der Waals surface area contributed by atoms with Crippen molar-refractivity contribution in [2.75, 3.05) is 0 Å². The third-order valence-electron chi connectivity index (χ3n) is 3.30. The molecule has 1 aromatic carbocycles. The Morgan fingerprint density at radius 3 is 2.29 bits per heavy atom. The van der Waals surface area contributed by atoms with Crippen LogP contribution in [0.2, 0.25) is 0 Å². The van der Waals surface area contributed by atoms with E-state index in [1.807, 2.05) is 0 Å². The molecule has 1 N–H and O–H groups in total. The molecule has 5 nitrogen and oxygen atoms in total. The smallest absolute Gasteiger partial charge is 0.287 e. The van der Waals surface area contributed by atoms with Gasteiger partial charge in [0.15, 0.2) is 0 Å². The second-order valence-corrected chi connectivity index (χ2v) is 5.56. The molecule has 1 amide bonds. The summed E-state index contributed by atoms with van der Waals surface area (Å²) in [5.41, 5.74) is -4.15. The maximum atomic E-state index is 13.1. The van der Waals surface area contributed by atoms with Crippen LogP contribution in [0.5, 0.6) is 5.75 Å². The minimum Gasteiger partial charge on any atom is -0.491 e. The van der Waals surface area contributed by atoms with Crippen molar-refractivity contribution in [1.29, 1.82) is 0 Å². The number of benzene rings is 1. The molecule has 2 rings (SSSR count). The lowest BCUT2D eigenvalue weighted by atomic mass is 10.1. The van der Waals surface area contributed by atoms with E-state index >= 15 is 0 Å². The standard InChI is InChI=1S/C15H16F4N2O3/c1-8(2)24-10-5-3-9(4-6-10)13(22)21-15(23,14(18)19)7-11(20-21)12(16)17/h3-6,8,12,14,23H,7H2,1-2H3/t15-/m0/s1. The van der Waals surface area contributed by atoms with Gasteiger partial charge in [-0.2, -0.15) is 10.1 Å². The Labute approximate surface area is 135 Å². The van der Waals surface area contributed by atoms with Crippen molar-refractivity contribution < 1.29 is 32.2 Å². The largest absolute Gasteiger partial charge is 0.491 e. The summed E-state index contributed by atoms with van der Waals surface area (Å²) in [4.78, 5) is 12.3. The van der Waals surface area contributed by atoms with Crippen molar-refractivity contribution in [3.63, 3.8) is 0 Å². The van der Waals surface area contributed by atoms with E-state index in [9.17, 15) is 27.5 Å². The fourth-order valence-electron chi connectivity index (χ4n) is 2.17. The number of alkyl halides is 4. The summed E-state index contributed by atoms with van der Waals surface area (Å²) in [5, 5.41) is 13.2. The van der Waals surface area contributed by atoms with Crippen molar-refractivity contribution in [3.8, 4) is 5.75 Å². The average molecular weight is 348 g/mol. The Balaban J connectivity index is 2.28. The Morgan fingerprint density at radius 1 is 1.25 bits per heavy atom. The van der Waals surface area contributed by atoms with Crippen molar-refractivity contribution in [2.45, 2.75) is 44.9 Å². The molecule has 132 valence electrons. The molecule has 1 aliphatic rings. The first-order valence-corrected chi connectivity index (χ1v) is 7.12. The number of amides is 1. The van der Waals surface area contributed by atoms with Crippen molar-refractivity contribution in [1.82, 2.24) is 5.01 Å². The zero-order chi connectivity index (χ0) is 18.1. The van der Waals surface area contributed by atoms with E-state index in [1.165, 1.54) is 24.3 Å². The lowest BCUT2D eigenvalue weighted by Crippen LogP contribution is -2.51. The van der Waals surface area contributed by atoms with Gasteiger partial charge in [-0.15, -0.1) is 0 Å². The van der Waals surface area contributed by atoms with E-state index in [0.717, 1.165) is 0 Å². The van der Waals surface area contributed by atoms with Gasteiger partial charge in [0.2, 0.25) is 5.72 Å². The molecule has 0 unspecified atom stereocenters. The minimum atomic E-state index is -3.45. The molecule has 0 saturated carbocycles. The molecule has 1 aromatic rings. The zero-order valence-corrected chi connectivity index (χ0v) is 12.9. The number of rotatable bonds is 5. The van der Waals surface area contributed by atoms with Gasteiger partial charge >= 0.3 is 0 Å². The fraction of sp³-hybridized carbons (Fsp3) is 0.467. The van der Waals surface area contributed by atoms with E-state index in [-0.39, 0.29) is 16.7 Å². The zero-order valence-electron chi connectivity index (χ0n) is 12.9. The predicted octanol–water partition coefficient (Wildman–Crippen LogP) is 2.89. The van der Waals surface area contributed by atoms with Crippen LogP contribution in [-0.4, -0.2) is 46.4 Å². The van der Waals surface area contributed by atoms with Crippen LogP contribution in [0, 0.1) is 0 Å². The van der Waals surface area contributed by atoms with Crippen molar-refractivity contribution in [3.05, 3.63) is 29.8 Å². The van der Waals surface area contributed by atoms with Crippen LogP contribution in [0.15, 0.2) is 29.4 Å². The number of aliphatic hydroxyl groups is 1. The second-order valence-electron chi connectivity index (χ2n) is 5.56. The molecule has 1 heterocycles. The third-order valence-corrected chi connectivity index (χ3v) is 3.30. The Bertz CT molecular complexity index is 634. The summed E-state index contributed by atoms with van der Waals surface area (Å²) in [5.74, 6) is -0.659. The topological polar surface area (TPSA) is 62.1 Å². The lowest BCUT2D eigenvalue weighted by Gasteiger charge is -2.30. The molecule has 24 heavy (non-hydrogen) atoms. The summed E-state index contributed by atoms with van der Waals surface area (Å²) in [6.07, 6.45) is -7.81. The Morgan fingerprint density at radius 2 is 1.83 bits per heavy atom. The first kappa shape index (κ1) is 18.2. The summed E-state index contributed by atoms with van der Waals surface area (Å²) in [6, 6.07) is 5.43. The number of halogens is 4. The Hall–Kier alpha value is -2.16. The van der Waals surface area contributed by atoms with E-state index in [1.54, 1.807) is 13.8 Å². The highest BCUT2D eigenvalue weighted by Gasteiger charge is 2.53. The molecule has 1 atom stereocenters. The van der Waals surface area contributed by atoms with E-state index < -0.39 is 36.6 Å². The Kier molecular flexibility index (Phi) is 5.12. The highest BCUT2D eigenvalue weighted by molar-refractivity contribution is 5.99. The first-order chi connectivity index (χ1) is 11.1. The molecule has 1 aliphatic heterocycles. The van der Waals surface area contributed by atoms with Crippen LogP contribution in [0.3, 0.4) is 0 Å². The van der Waals surface area contributed by atoms with Gasteiger partial charge in [-0.3, -0.25) is 4.79 Å². The average Bonchev–Trinajstić information content (AvgIpc) is 2.86. The molecular weight excluding hydrogens is 332 g/mol. The summed E-state index contributed by atoms with van der Waals surface area (Å²) in [7, 11) is 0. The maximum absolute atomic E-state index is 13.1. The van der Waals surface area contributed by atoms with Gasteiger partial charge in [0.05, 0.1) is 6.10 Å². The number of carbonyl (C=O) groups is 1. The van der Waals surface area contributed by atoms with E-state index in [4.69, 9.17) is 4.74 Å². The molecule has 0 aliphatic carbocycles.